The highest BCUT2D eigenvalue weighted by Gasteiger charge is 2.58. The molecule has 0 aliphatic carbocycles. The Morgan fingerprint density at radius 3 is 0.530 bits per heavy atom. The van der Waals surface area contributed by atoms with Crippen molar-refractivity contribution in [1.82, 2.24) is 0 Å². The Morgan fingerprint density at radius 1 is 0.227 bits per heavy atom. The van der Waals surface area contributed by atoms with Gasteiger partial charge in [0.25, 0.3) is 0 Å². The van der Waals surface area contributed by atoms with E-state index in [2.05, 4.69) is 0 Å². The first-order valence-corrected chi connectivity index (χ1v) is 21.3. The Labute approximate surface area is 373 Å². The topological polar surface area (TPSA) is 486 Å². The van der Waals surface area contributed by atoms with Gasteiger partial charge in [-0.1, -0.05) is 0 Å². The van der Waals surface area contributed by atoms with Gasteiger partial charge < -0.3 is 150 Å². The third-order valence-corrected chi connectivity index (χ3v) is 12.8. The molecule has 0 amide bonds. The molecule has 0 aromatic heterocycles. The van der Waals surface area contributed by atoms with Crippen LogP contribution in [0.1, 0.15) is 0 Å². The number of aliphatic hydroxyl groups excluding tert-OH is 16. The molecule has 0 aromatic rings. The summed E-state index contributed by atoms with van der Waals surface area (Å²) in [5.74, 6) is 0. The van der Waals surface area contributed by atoms with Crippen LogP contribution in [0.25, 0.3) is 0 Å². The van der Waals surface area contributed by atoms with Crippen molar-refractivity contribution in [3.8, 4) is 0 Å². The van der Waals surface area contributed by atoms with Gasteiger partial charge in [0.1, 0.15) is 146 Å². The van der Waals surface area contributed by atoms with Gasteiger partial charge in [0.05, 0.1) is 26.4 Å². The zero-order valence-electron chi connectivity index (χ0n) is 34.8. The maximum Gasteiger partial charge on any atom is 0.187 e. The first-order valence-electron chi connectivity index (χ1n) is 21.3. The van der Waals surface area contributed by atoms with E-state index in [9.17, 15) is 81.7 Å². The van der Waals surface area contributed by atoms with Gasteiger partial charge in [-0.05, 0) is 0 Å². The average molecular weight is 971 g/mol. The fraction of sp³-hybridized carbons (Fsp3) is 1.00. The van der Waals surface area contributed by atoms with Gasteiger partial charge in [-0.2, -0.15) is 0 Å². The molecule has 12 bridgehead atoms. The summed E-state index contributed by atoms with van der Waals surface area (Å²) in [4.78, 5) is 0. The highest BCUT2D eigenvalue weighted by atomic mass is 16.8. The molecule has 22 aliphatic heterocycles. The van der Waals surface area contributed by atoms with Crippen molar-refractivity contribution in [1.29, 1.82) is 0 Å². The predicted molar refractivity (Wildman–Crippen MR) is 200 cm³/mol. The standard InChI is InChI=1S/C36H62N2O28/c37-1-7-25-13(43)19(49)31(55-7)63-27-9(3-39)59-35(23(53)17(27)47)66-30-12(6-42)58-34(22(52)16(30)46)62-26-8(2-38)56-32(20(50)14(26)44)64-28-10(4-40)60-36(24(54)18(28)48)65-29-11(5-41)57-33(61-25)21(51)15(29)45/h7-36,39-54H,1-6,37-38H2/t7-,8-,9-,10-,11-,12-,13-,14-,15-,16-,17-,18-,19-,20-,21-,22-,23-,24-,25-,26-,27-,28-,29-,30-,31-,32-,33-,34-,35-,36-/m1/s1. The maximum absolute atomic E-state index is 11.3. The number of rotatable bonds is 6. The fourth-order valence-corrected chi connectivity index (χ4v) is 9.01. The second-order valence-corrected chi connectivity index (χ2v) is 17.0. The van der Waals surface area contributed by atoms with Gasteiger partial charge in [0.15, 0.2) is 37.7 Å². The third-order valence-electron chi connectivity index (χ3n) is 12.8. The van der Waals surface area contributed by atoms with Crippen LogP contribution in [-0.4, -0.2) is 305 Å². The average Bonchev–Trinajstić information content (AvgIpc) is 3.31. The lowest BCUT2D eigenvalue weighted by molar-refractivity contribution is -0.402. The number of aliphatic hydroxyl groups is 16. The summed E-state index contributed by atoms with van der Waals surface area (Å²) in [6.45, 7) is -4.84. The third kappa shape index (κ3) is 10.0. The summed E-state index contributed by atoms with van der Waals surface area (Å²) in [5, 5.41) is 176. The predicted octanol–water partition coefficient (Wildman–Crippen LogP) is -13.1. The van der Waals surface area contributed by atoms with Crippen LogP contribution in [0.2, 0.25) is 0 Å². The van der Waals surface area contributed by atoms with Crippen LogP contribution in [0.5, 0.6) is 0 Å². The number of ether oxygens (including phenoxy) is 12. The smallest absolute Gasteiger partial charge is 0.187 e. The Balaban J connectivity index is 1.19. The molecule has 30 atom stereocenters. The molecule has 30 nitrogen and oxygen atoms in total. The molecular formula is C36H62N2O28. The molecule has 0 radical (unpaired) electrons. The van der Waals surface area contributed by atoms with E-state index in [4.69, 9.17) is 68.3 Å². The Bertz CT molecular complexity index is 1240. The molecule has 0 saturated carbocycles. The fourth-order valence-electron chi connectivity index (χ4n) is 9.01. The van der Waals surface area contributed by atoms with Crippen LogP contribution in [0.3, 0.4) is 0 Å². The van der Waals surface area contributed by atoms with Gasteiger partial charge in [0, 0.05) is 13.1 Å². The second kappa shape index (κ2) is 22.1. The molecule has 30 heteroatoms. The van der Waals surface area contributed by atoms with Gasteiger partial charge >= 0.3 is 0 Å². The molecule has 0 aromatic carbocycles. The normalized spacial score (nSPS) is 55.4. The van der Waals surface area contributed by atoms with Crippen LogP contribution in [0.4, 0.5) is 0 Å². The van der Waals surface area contributed by atoms with E-state index in [1.54, 1.807) is 0 Å². The summed E-state index contributed by atoms with van der Waals surface area (Å²) in [7, 11) is 0. The highest BCUT2D eigenvalue weighted by molar-refractivity contribution is 5.01. The molecule has 22 saturated heterocycles. The Kier molecular flexibility index (Phi) is 17.6. The Morgan fingerprint density at radius 2 is 0.379 bits per heavy atom. The monoisotopic (exact) mass is 970 g/mol. The molecule has 20 N–H and O–H groups in total. The maximum atomic E-state index is 11.3. The molecule has 22 fully saturated rings. The summed E-state index contributed by atoms with van der Waals surface area (Å²) in [6, 6.07) is 0. The van der Waals surface area contributed by atoms with Gasteiger partial charge in [-0.15, -0.1) is 0 Å². The molecule has 0 unspecified atom stereocenters. The summed E-state index contributed by atoms with van der Waals surface area (Å²) in [5.41, 5.74) is 11.8. The van der Waals surface area contributed by atoms with Gasteiger partial charge in [-0.3, -0.25) is 0 Å². The molecule has 22 rings (SSSR count). The zero-order valence-corrected chi connectivity index (χ0v) is 34.8. The van der Waals surface area contributed by atoms with E-state index in [1.807, 2.05) is 0 Å². The van der Waals surface area contributed by atoms with Crippen LogP contribution in [0, 0.1) is 0 Å². The van der Waals surface area contributed by atoms with E-state index in [0.717, 1.165) is 0 Å². The molecule has 22 aliphatic rings. The number of nitrogens with two attached hydrogens (primary N) is 2. The summed E-state index contributed by atoms with van der Waals surface area (Å²) in [6.07, 6.45) is -56.4. The SMILES string of the molecule is NC[C@H]1O[C@@H]2O[C@H]3[C@H](O)[C@@H](O)[C@@H](O[C@H]4[C@H](O)[C@@H](O)[C@@H](O[C@H]5[C@H](O)[C@@H](O)[C@@H](O[C@H]6[C@H](O)[C@@H](O)[C@@H](O[C@H]7[C@H](O)[C@@H](O)[C@@H](O[C@H]1[C@H](O)[C@H]2O)O[C@@H]7CO)O[C@@H]6CO)O[C@@H]5CN)O[C@@H]4CO)O[C@@H]3CO. The summed E-state index contributed by atoms with van der Waals surface area (Å²) < 4.78 is 68.7. The Hall–Kier alpha value is -1.20. The van der Waals surface area contributed by atoms with Crippen molar-refractivity contribution in [2.24, 2.45) is 11.5 Å². The van der Waals surface area contributed by atoms with E-state index in [-0.39, 0.29) is 0 Å². The largest absolute Gasteiger partial charge is 0.394 e. The summed E-state index contributed by atoms with van der Waals surface area (Å²) >= 11 is 0. The lowest BCUT2D eigenvalue weighted by Gasteiger charge is -2.50. The van der Waals surface area contributed by atoms with Crippen molar-refractivity contribution >= 4 is 0 Å². The van der Waals surface area contributed by atoms with Crippen LogP contribution >= 0.6 is 0 Å². The van der Waals surface area contributed by atoms with Gasteiger partial charge in [0.2, 0.25) is 0 Å². The van der Waals surface area contributed by atoms with E-state index < -0.39 is 224 Å². The minimum Gasteiger partial charge on any atom is -0.394 e. The van der Waals surface area contributed by atoms with Crippen molar-refractivity contribution in [3.63, 3.8) is 0 Å². The second-order valence-electron chi connectivity index (χ2n) is 17.0. The van der Waals surface area contributed by atoms with Gasteiger partial charge in [-0.25, -0.2) is 0 Å². The van der Waals surface area contributed by atoms with Crippen LogP contribution < -0.4 is 11.5 Å². The van der Waals surface area contributed by atoms with E-state index in [1.165, 1.54) is 0 Å². The van der Waals surface area contributed by atoms with Crippen LogP contribution in [-0.2, 0) is 56.8 Å². The molecule has 22 heterocycles. The lowest BCUT2D eigenvalue weighted by Crippen LogP contribution is -2.69. The lowest BCUT2D eigenvalue weighted by atomic mass is 9.94. The van der Waals surface area contributed by atoms with E-state index >= 15 is 0 Å². The van der Waals surface area contributed by atoms with Crippen molar-refractivity contribution in [3.05, 3.63) is 0 Å². The highest BCUT2D eigenvalue weighted by Crippen LogP contribution is 2.38. The first-order chi connectivity index (χ1) is 31.4. The number of hydrogen-bond acceptors (Lipinski definition) is 30. The molecular weight excluding hydrogens is 908 g/mol. The minimum absolute atomic E-state index is 0.493. The number of hydrogen-bond donors (Lipinski definition) is 18. The van der Waals surface area contributed by atoms with Crippen molar-refractivity contribution < 1.29 is 139 Å². The minimum atomic E-state index is -2.11. The first kappa shape index (κ1) is 52.6. The zero-order chi connectivity index (χ0) is 48.0. The molecule has 0 spiro atoms. The van der Waals surface area contributed by atoms with Crippen molar-refractivity contribution in [2.75, 3.05) is 39.5 Å². The van der Waals surface area contributed by atoms with E-state index in [0.29, 0.717) is 0 Å². The van der Waals surface area contributed by atoms with Crippen molar-refractivity contribution in [2.45, 2.75) is 184 Å². The quantitative estimate of drug-likeness (QED) is 0.117. The molecule has 66 heavy (non-hydrogen) atoms. The van der Waals surface area contributed by atoms with Crippen LogP contribution in [0.15, 0.2) is 0 Å². The molecule has 384 valence electrons.